The van der Waals surface area contributed by atoms with Crippen molar-refractivity contribution < 1.29 is 22.4 Å². The Bertz CT molecular complexity index is 982. The minimum absolute atomic E-state index is 0.0176. The van der Waals surface area contributed by atoms with Crippen LogP contribution in [0.2, 0.25) is 0 Å². The molecule has 10 heteroatoms. The predicted molar refractivity (Wildman–Crippen MR) is 102 cm³/mol. The minimum Gasteiger partial charge on any atom is -0.407 e. The van der Waals surface area contributed by atoms with E-state index < -0.39 is 9.84 Å². The van der Waals surface area contributed by atoms with Gasteiger partial charge < -0.3 is 9.32 Å². The van der Waals surface area contributed by atoms with Gasteiger partial charge >= 0.3 is 6.01 Å². The van der Waals surface area contributed by atoms with Crippen LogP contribution in [0.25, 0.3) is 0 Å². The number of amides is 2. The normalized spacial score (nSPS) is 17.4. The molecule has 2 heterocycles. The second-order valence-electron chi connectivity index (χ2n) is 7.26. The molecule has 1 fully saturated rings. The average Bonchev–Trinajstić information content (AvgIpc) is 3.20. The summed E-state index contributed by atoms with van der Waals surface area (Å²) in [4.78, 5) is 25.9. The van der Waals surface area contributed by atoms with Gasteiger partial charge in [0.05, 0.1) is 10.8 Å². The number of rotatable bonds is 6. The maximum Gasteiger partial charge on any atom is 0.322 e. The standard InChI is InChI=1S/C18H22N4O5S/c1-11(2)8-15(23)19-18-21-20-17(27-18)12-9-16(24)22(10-12)13-4-6-14(7-5-13)28(3,25)26/h4-7,11-12H,8-10H2,1-3H3,(H,19,21,23)/t12-/m1/s1. The van der Waals surface area contributed by atoms with Crippen LogP contribution in [0.1, 0.15) is 38.5 Å². The highest BCUT2D eigenvalue weighted by Crippen LogP contribution is 2.32. The molecule has 1 aromatic heterocycles. The molecule has 150 valence electrons. The summed E-state index contributed by atoms with van der Waals surface area (Å²) in [6, 6.07) is 6.16. The van der Waals surface area contributed by atoms with Crippen LogP contribution < -0.4 is 10.2 Å². The molecule has 0 aliphatic carbocycles. The monoisotopic (exact) mass is 406 g/mol. The summed E-state index contributed by atoms with van der Waals surface area (Å²) in [5, 5.41) is 10.3. The van der Waals surface area contributed by atoms with Crippen molar-refractivity contribution in [3.05, 3.63) is 30.2 Å². The van der Waals surface area contributed by atoms with E-state index in [1.165, 1.54) is 12.1 Å². The number of aromatic nitrogens is 2. The highest BCUT2D eigenvalue weighted by Gasteiger charge is 2.35. The van der Waals surface area contributed by atoms with E-state index in [1.807, 2.05) is 13.8 Å². The highest BCUT2D eigenvalue weighted by atomic mass is 32.2. The molecule has 2 aromatic rings. The molecule has 1 aliphatic rings. The van der Waals surface area contributed by atoms with Crippen LogP contribution in [0, 0.1) is 5.92 Å². The van der Waals surface area contributed by atoms with Crippen molar-refractivity contribution >= 4 is 33.4 Å². The second-order valence-corrected chi connectivity index (χ2v) is 9.28. The first-order valence-electron chi connectivity index (χ1n) is 8.87. The van der Waals surface area contributed by atoms with E-state index in [9.17, 15) is 18.0 Å². The van der Waals surface area contributed by atoms with Gasteiger partial charge in [0, 0.05) is 31.3 Å². The molecule has 1 saturated heterocycles. The van der Waals surface area contributed by atoms with E-state index in [0.29, 0.717) is 18.7 Å². The number of sulfone groups is 1. The molecule has 0 spiro atoms. The van der Waals surface area contributed by atoms with Crippen LogP contribution >= 0.6 is 0 Å². The molecule has 28 heavy (non-hydrogen) atoms. The van der Waals surface area contributed by atoms with Gasteiger partial charge in [0.25, 0.3) is 0 Å². The van der Waals surface area contributed by atoms with Gasteiger partial charge in [0.2, 0.25) is 17.7 Å². The van der Waals surface area contributed by atoms with Crippen molar-refractivity contribution in [1.29, 1.82) is 0 Å². The number of carbonyl (C=O) groups excluding carboxylic acids is 2. The Morgan fingerprint density at radius 3 is 2.57 bits per heavy atom. The fourth-order valence-corrected chi connectivity index (χ4v) is 3.62. The van der Waals surface area contributed by atoms with Crippen molar-refractivity contribution in [2.24, 2.45) is 5.92 Å². The van der Waals surface area contributed by atoms with Gasteiger partial charge in [0.1, 0.15) is 0 Å². The molecule has 2 amide bonds. The lowest BCUT2D eigenvalue weighted by Gasteiger charge is -2.16. The van der Waals surface area contributed by atoms with Crippen LogP contribution in [0.15, 0.2) is 33.6 Å². The Hall–Kier alpha value is -2.75. The Labute approximate surface area is 163 Å². The number of benzene rings is 1. The highest BCUT2D eigenvalue weighted by molar-refractivity contribution is 7.90. The first-order valence-corrected chi connectivity index (χ1v) is 10.8. The van der Waals surface area contributed by atoms with Crippen molar-refractivity contribution in [2.75, 3.05) is 23.0 Å². The van der Waals surface area contributed by atoms with Gasteiger partial charge in [-0.2, -0.15) is 0 Å². The molecule has 0 saturated carbocycles. The quantitative estimate of drug-likeness (QED) is 0.778. The molecule has 1 atom stereocenters. The van der Waals surface area contributed by atoms with Gasteiger partial charge in [-0.05, 0) is 30.2 Å². The summed E-state index contributed by atoms with van der Waals surface area (Å²) < 4.78 is 28.6. The molecular formula is C18H22N4O5S. The zero-order chi connectivity index (χ0) is 20.5. The molecule has 9 nitrogen and oxygen atoms in total. The molecule has 0 bridgehead atoms. The number of nitrogens with zero attached hydrogens (tertiary/aromatic N) is 3. The van der Waals surface area contributed by atoms with Gasteiger partial charge in [-0.3, -0.25) is 14.9 Å². The first kappa shape index (κ1) is 20.0. The van der Waals surface area contributed by atoms with Crippen LogP contribution in [0.3, 0.4) is 0 Å². The topological polar surface area (TPSA) is 122 Å². The summed E-state index contributed by atoms with van der Waals surface area (Å²) in [6.45, 7) is 4.19. The van der Waals surface area contributed by atoms with Gasteiger partial charge in [-0.15, -0.1) is 5.10 Å². The fourth-order valence-electron chi connectivity index (χ4n) is 2.99. The number of carbonyl (C=O) groups is 2. The van der Waals surface area contributed by atoms with Crippen LogP contribution in [-0.2, 0) is 19.4 Å². The Kier molecular flexibility index (Phi) is 5.50. The maximum absolute atomic E-state index is 12.4. The molecule has 1 aliphatic heterocycles. The summed E-state index contributed by atoms with van der Waals surface area (Å²) in [5.41, 5.74) is 0.602. The molecule has 1 aromatic carbocycles. The van der Waals surface area contributed by atoms with Crippen LogP contribution in [0.5, 0.6) is 0 Å². The van der Waals surface area contributed by atoms with Crippen LogP contribution in [0.4, 0.5) is 11.7 Å². The number of hydrogen-bond donors (Lipinski definition) is 1. The minimum atomic E-state index is -3.30. The summed E-state index contributed by atoms with van der Waals surface area (Å²) in [7, 11) is -3.30. The number of nitrogens with one attached hydrogen (secondary N) is 1. The van der Waals surface area contributed by atoms with Crippen molar-refractivity contribution in [3.63, 3.8) is 0 Å². The van der Waals surface area contributed by atoms with Crippen LogP contribution in [-0.4, -0.2) is 43.2 Å². The summed E-state index contributed by atoms with van der Waals surface area (Å²) in [6.07, 6.45) is 1.67. The van der Waals surface area contributed by atoms with E-state index in [0.717, 1.165) is 6.26 Å². The maximum atomic E-state index is 12.4. The van der Waals surface area contributed by atoms with Crippen molar-refractivity contribution in [3.8, 4) is 0 Å². The van der Waals surface area contributed by atoms with E-state index in [4.69, 9.17) is 4.42 Å². The second kappa shape index (κ2) is 7.70. The third-order valence-corrected chi connectivity index (χ3v) is 5.46. The van der Waals surface area contributed by atoms with Gasteiger partial charge in [-0.1, -0.05) is 18.9 Å². The Morgan fingerprint density at radius 2 is 1.96 bits per heavy atom. The smallest absolute Gasteiger partial charge is 0.322 e. The SMILES string of the molecule is CC(C)CC(=O)Nc1nnc([C@@H]2CC(=O)N(c3ccc(S(C)(=O)=O)cc3)C2)o1. The van der Waals surface area contributed by atoms with E-state index in [-0.39, 0.29) is 46.9 Å². The number of hydrogen-bond acceptors (Lipinski definition) is 7. The Balaban J connectivity index is 1.68. The van der Waals surface area contributed by atoms with E-state index in [1.54, 1.807) is 17.0 Å². The lowest BCUT2D eigenvalue weighted by molar-refractivity contribution is -0.118. The summed E-state index contributed by atoms with van der Waals surface area (Å²) >= 11 is 0. The molecular weight excluding hydrogens is 384 g/mol. The first-order chi connectivity index (χ1) is 13.1. The molecule has 3 rings (SSSR count). The lowest BCUT2D eigenvalue weighted by Crippen LogP contribution is -2.24. The van der Waals surface area contributed by atoms with Crippen molar-refractivity contribution in [2.45, 2.75) is 37.5 Å². The third kappa shape index (κ3) is 4.56. The zero-order valence-corrected chi connectivity index (χ0v) is 16.7. The van der Waals surface area contributed by atoms with E-state index >= 15 is 0 Å². The lowest BCUT2D eigenvalue weighted by atomic mass is 10.1. The third-order valence-electron chi connectivity index (χ3n) is 4.33. The molecule has 0 radical (unpaired) electrons. The molecule has 0 unspecified atom stereocenters. The Morgan fingerprint density at radius 1 is 1.29 bits per heavy atom. The molecule has 1 N–H and O–H groups in total. The van der Waals surface area contributed by atoms with Crippen molar-refractivity contribution in [1.82, 2.24) is 10.2 Å². The van der Waals surface area contributed by atoms with Gasteiger partial charge in [-0.25, -0.2) is 8.42 Å². The fraction of sp³-hybridized carbons (Fsp3) is 0.444. The zero-order valence-electron chi connectivity index (χ0n) is 15.9. The largest absolute Gasteiger partial charge is 0.407 e. The van der Waals surface area contributed by atoms with E-state index in [2.05, 4.69) is 15.5 Å². The summed E-state index contributed by atoms with van der Waals surface area (Å²) in [5.74, 6) is -0.146. The number of anilines is 2. The predicted octanol–water partition coefficient (Wildman–Crippen LogP) is 1.98. The average molecular weight is 406 g/mol. The van der Waals surface area contributed by atoms with Gasteiger partial charge in [0.15, 0.2) is 9.84 Å².